The molecular formula is C14H28N2O2. The van der Waals surface area contributed by atoms with Crippen molar-refractivity contribution in [2.45, 2.75) is 44.8 Å². The minimum atomic E-state index is 0.258. The van der Waals surface area contributed by atoms with E-state index in [0.29, 0.717) is 6.04 Å². The molecule has 0 aliphatic carbocycles. The molecule has 0 saturated carbocycles. The summed E-state index contributed by atoms with van der Waals surface area (Å²) in [5.41, 5.74) is 0. The predicted octanol–water partition coefficient (Wildman–Crippen LogP) is 1.26. The van der Waals surface area contributed by atoms with E-state index in [4.69, 9.17) is 9.47 Å². The van der Waals surface area contributed by atoms with Gasteiger partial charge in [0.25, 0.3) is 0 Å². The van der Waals surface area contributed by atoms with Crippen LogP contribution in [0, 0.1) is 0 Å². The van der Waals surface area contributed by atoms with Gasteiger partial charge in [0.05, 0.1) is 25.9 Å². The van der Waals surface area contributed by atoms with Crippen LogP contribution in [-0.4, -0.2) is 63.0 Å². The topological polar surface area (TPSA) is 33.7 Å². The second kappa shape index (κ2) is 8.10. The maximum atomic E-state index is 5.66. The molecule has 4 nitrogen and oxygen atoms in total. The number of hydrogen-bond acceptors (Lipinski definition) is 4. The van der Waals surface area contributed by atoms with Crippen molar-refractivity contribution in [2.75, 3.05) is 46.0 Å². The molecule has 2 heterocycles. The Labute approximate surface area is 111 Å². The van der Waals surface area contributed by atoms with Crippen LogP contribution < -0.4 is 5.32 Å². The third-order valence-electron chi connectivity index (χ3n) is 3.88. The maximum absolute atomic E-state index is 5.66. The Balaban J connectivity index is 1.63. The summed E-state index contributed by atoms with van der Waals surface area (Å²) in [6.07, 6.45) is 5.42. The van der Waals surface area contributed by atoms with Gasteiger partial charge >= 0.3 is 0 Å². The lowest BCUT2D eigenvalue weighted by atomic mass is 10.1. The lowest BCUT2D eigenvalue weighted by Crippen LogP contribution is -2.41. The number of rotatable bonds is 5. The fourth-order valence-corrected chi connectivity index (χ4v) is 2.85. The van der Waals surface area contributed by atoms with Crippen LogP contribution in [-0.2, 0) is 9.47 Å². The molecule has 1 N–H and O–H groups in total. The summed E-state index contributed by atoms with van der Waals surface area (Å²) in [6.45, 7) is 9.24. The molecule has 18 heavy (non-hydrogen) atoms. The molecule has 0 spiro atoms. The van der Waals surface area contributed by atoms with E-state index < -0.39 is 0 Å². The minimum Gasteiger partial charge on any atom is -0.376 e. The third-order valence-corrected chi connectivity index (χ3v) is 3.88. The van der Waals surface area contributed by atoms with E-state index in [0.717, 1.165) is 26.4 Å². The highest BCUT2D eigenvalue weighted by atomic mass is 16.6. The Hall–Kier alpha value is -0.160. The highest BCUT2D eigenvalue weighted by molar-refractivity contribution is 4.76. The summed E-state index contributed by atoms with van der Waals surface area (Å²) in [5, 5.41) is 3.66. The number of nitrogens with one attached hydrogen (secondary N) is 1. The van der Waals surface area contributed by atoms with Crippen LogP contribution in [0.15, 0.2) is 0 Å². The molecule has 0 aromatic carbocycles. The first-order valence-corrected chi connectivity index (χ1v) is 7.53. The van der Waals surface area contributed by atoms with E-state index in [1.807, 2.05) is 0 Å². The molecule has 2 aliphatic rings. The molecule has 4 heteroatoms. The zero-order valence-corrected chi connectivity index (χ0v) is 11.7. The number of nitrogens with zero attached hydrogens (tertiary/aromatic N) is 1. The molecule has 2 fully saturated rings. The van der Waals surface area contributed by atoms with Crippen molar-refractivity contribution < 1.29 is 9.47 Å². The average Bonchev–Trinajstić information content (AvgIpc) is 2.64. The van der Waals surface area contributed by atoms with Crippen molar-refractivity contribution in [3.63, 3.8) is 0 Å². The van der Waals surface area contributed by atoms with Gasteiger partial charge in [0.1, 0.15) is 0 Å². The zero-order chi connectivity index (χ0) is 12.6. The SMILES string of the molecule is CCCN1CCCC(NCC2COCCO2)CC1. The molecule has 0 bridgehead atoms. The monoisotopic (exact) mass is 256 g/mol. The van der Waals surface area contributed by atoms with Gasteiger partial charge in [0.15, 0.2) is 0 Å². The van der Waals surface area contributed by atoms with Gasteiger partial charge in [-0.2, -0.15) is 0 Å². The molecule has 0 aromatic heterocycles. The number of ether oxygens (including phenoxy) is 2. The maximum Gasteiger partial charge on any atom is 0.0933 e. The van der Waals surface area contributed by atoms with Crippen LogP contribution in [0.3, 0.4) is 0 Å². The third kappa shape index (κ3) is 4.84. The molecule has 0 amide bonds. The molecule has 2 unspecified atom stereocenters. The first kappa shape index (κ1) is 14.3. The Morgan fingerprint density at radius 1 is 1.22 bits per heavy atom. The van der Waals surface area contributed by atoms with E-state index >= 15 is 0 Å². The quantitative estimate of drug-likeness (QED) is 0.803. The average molecular weight is 256 g/mol. The standard InChI is InChI=1S/C14H28N2O2/c1-2-6-16-7-3-4-13(5-8-16)15-11-14-12-17-9-10-18-14/h13-15H,2-12H2,1H3. The number of likely N-dealkylation sites (tertiary alicyclic amines) is 1. The Kier molecular flexibility index (Phi) is 6.41. The first-order valence-electron chi connectivity index (χ1n) is 7.53. The summed E-state index contributed by atoms with van der Waals surface area (Å²) in [5.74, 6) is 0. The van der Waals surface area contributed by atoms with E-state index in [1.165, 1.54) is 45.3 Å². The smallest absolute Gasteiger partial charge is 0.0933 e. The molecular weight excluding hydrogens is 228 g/mol. The van der Waals surface area contributed by atoms with Crippen molar-refractivity contribution >= 4 is 0 Å². The van der Waals surface area contributed by atoms with Crippen molar-refractivity contribution in [1.82, 2.24) is 10.2 Å². The minimum absolute atomic E-state index is 0.258. The second-order valence-corrected chi connectivity index (χ2v) is 5.45. The van der Waals surface area contributed by atoms with Crippen LogP contribution in [0.5, 0.6) is 0 Å². The van der Waals surface area contributed by atoms with E-state index in [2.05, 4.69) is 17.1 Å². The predicted molar refractivity (Wildman–Crippen MR) is 72.9 cm³/mol. The lowest BCUT2D eigenvalue weighted by molar-refractivity contribution is -0.0871. The Morgan fingerprint density at radius 2 is 2.17 bits per heavy atom. The molecule has 2 atom stereocenters. The van der Waals surface area contributed by atoms with E-state index in [9.17, 15) is 0 Å². The summed E-state index contributed by atoms with van der Waals surface area (Å²) >= 11 is 0. The molecule has 2 rings (SSSR count). The van der Waals surface area contributed by atoms with Crippen molar-refractivity contribution in [1.29, 1.82) is 0 Å². The largest absolute Gasteiger partial charge is 0.376 e. The van der Waals surface area contributed by atoms with Crippen LogP contribution in [0.4, 0.5) is 0 Å². The van der Waals surface area contributed by atoms with Crippen LogP contribution >= 0.6 is 0 Å². The highest BCUT2D eigenvalue weighted by Gasteiger charge is 2.19. The van der Waals surface area contributed by atoms with Gasteiger partial charge in [0, 0.05) is 12.6 Å². The van der Waals surface area contributed by atoms with Crippen molar-refractivity contribution in [2.24, 2.45) is 0 Å². The Bertz CT molecular complexity index is 220. The van der Waals surface area contributed by atoms with E-state index in [1.54, 1.807) is 0 Å². The second-order valence-electron chi connectivity index (χ2n) is 5.45. The summed E-state index contributed by atoms with van der Waals surface area (Å²) in [7, 11) is 0. The molecule has 2 saturated heterocycles. The normalized spacial score (nSPS) is 31.2. The van der Waals surface area contributed by atoms with Crippen LogP contribution in [0.1, 0.15) is 32.6 Å². The lowest BCUT2D eigenvalue weighted by Gasteiger charge is -2.25. The molecule has 106 valence electrons. The van der Waals surface area contributed by atoms with Gasteiger partial charge in [-0.3, -0.25) is 0 Å². The number of hydrogen-bond donors (Lipinski definition) is 1. The summed E-state index contributed by atoms with van der Waals surface area (Å²) in [6, 6.07) is 0.664. The molecule has 2 aliphatic heterocycles. The van der Waals surface area contributed by atoms with Crippen molar-refractivity contribution in [3.05, 3.63) is 0 Å². The zero-order valence-electron chi connectivity index (χ0n) is 11.7. The molecule has 0 radical (unpaired) electrons. The molecule has 0 aromatic rings. The van der Waals surface area contributed by atoms with Crippen LogP contribution in [0.2, 0.25) is 0 Å². The summed E-state index contributed by atoms with van der Waals surface area (Å²) in [4.78, 5) is 2.60. The van der Waals surface area contributed by atoms with Crippen LogP contribution in [0.25, 0.3) is 0 Å². The van der Waals surface area contributed by atoms with Gasteiger partial charge in [0.2, 0.25) is 0 Å². The van der Waals surface area contributed by atoms with Gasteiger partial charge in [-0.25, -0.2) is 0 Å². The van der Waals surface area contributed by atoms with Gasteiger partial charge in [-0.15, -0.1) is 0 Å². The Morgan fingerprint density at radius 3 is 2.94 bits per heavy atom. The fourth-order valence-electron chi connectivity index (χ4n) is 2.85. The van der Waals surface area contributed by atoms with Gasteiger partial charge < -0.3 is 19.7 Å². The van der Waals surface area contributed by atoms with Gasteiger partial charge in [-0.05, 0) is 45.3 Å². The van der Waals surface area contributed by atoms with Crippen molar-refractivity contribution in [3.8, 4) is 0 Å². The fraction of sp³-hybridized carbons (Fsp3) is 1.00. The highest BCUT2D eigenvalue weighted by Crippen LogP contribution is 2.12. The summed E-state index contributed by atoms with van der Waals surface area (Å²) < 4.78 is 11.1. The first-order chi connectivity index (χ1) is 8.88. The van der Waals surface area contributed by atoms with E-state index in [-0.39, 0.29) is 6.10 Å². The van der Waals surface area contributed by atoms with Gasteiger partial charge in [-0.1, -0.05) is 6.92 Å².